The molecule has 0 atom stereocenters. The second-order valence-corrected chi connectivity index (χ2v) is 4.94. The Bertz CT molecular complexity index is 826. The predicted octanol–water partition coefficient (Wildman–Crippen LogP) is 3.90. The van der Waals surface area contributed by atoms with Gasteiger partial charge < -0.3 is 0 Å². The topological polar surface area (TPSA) is 61.2 Å². The monoisotopic (exact) mass is 328 g/mol. The predicted molar refractivity (Wildman–Crippen MR) is 98.3 cm³/mol. The number of carbonyl (C=O) groups excluding carboxylic acids is 2. The maximum atomic E-state index is 11.2. The summed E-state index contributed by atoms with van der Waals surface area (Å²) in [6.07, 6.45) is 9.50. The summed E-state index contributed by atoms with van der Waals surface area (Å²) in [6.45, 7) is 0. The standard InChI is InChI=1S/C11H9N.C10H7NO2/c12-10-6-2-5-9-11-7-3-1-4-8-11;12-9-6-7-10(13)11(9)8-4-2-1-3-5-8/h1-9H;1-7H. The van der Waals surface area contributed by atoms with Crippen LogP contribution in [0.15, 0.2) is 91.0 Å². The zero-order chi connectivity index (χ0) is 17.9. The lowest BCUT2D eigenvalue weighted by molar-refractivity contribution is -0.119. The van der Waals surface area contributed by atoms with Gasteiger partial charge in [0.2, 0.25) is 0 Å². The van der Waals surface area contributed by atoms with Crippen LogP contribution in [0.3, 0.4) is 0 Å². The summed E-state index contributed by atoms with van der Waals surface area (Å²) in [6, 6.07) is 20.7. The number of imide groups is 1. The van der Waals surface area contributed by atoms with Gasteiger partial charge >= 0.3 is 0 Å². The summed E-state index contributed by atoms with van der Waals surface area (Å²) in [5.74, 6) is -0.563. The number of hydrogen-bond acceptors (Lipinski definition) is 3. The minimum absolute atomic E-state index is 0.281. The van der Waals surface area contributed by atoms with Crippen molar-refractivity contribution in [1.29, 1.82) is 5.26 Å². The van der Waals surface area contributed by atoms with Gasteiger partial charge in [0.1, 0.15) is 0 Å². The third-order valence-corrected chi connectivity index (χ3v) is 3.19. The number of allylic oxidation sites excluding steroid dienone is 3. The van der Waals surface area contributed by atoms with Crippen molar-refractivity contribution in [2.75, 3.05) is 4.90 Å². The van der Waals surface area contributed by atoms with E-state index < -0.39 is 0 Å². The van der Waals surface area contributed by atoms with Crippen LogP contribution >= 0.6 is 0 Å². The van der Waals surface area contributed by atoms with Crippen LogP contribution < -0.4 is 4.90 Å². The average Bonchev–Trinajstić information content (AvgIpc) is 2.99. The van der Waals surface area contributed by atoms with Crippen LogP contribution in [0.1, 0.15) is 5.56 Å². The lowest BCUT2D eigenvalue weighted by Crippen LogP contribution is -2.29. The van der Waals surface area contributed by atoms with Crippen molar-refractivity contribution in [3.63, 3.8) is 0 Å². The highest BCUT2D eigenvalue weighted by Gasteiger charge is 2.24. The van der Waals surface area contributed by atoms with Gasteiger partial charge in [0.25, 0.3) is 11.8 Å². The molecule has 0 radical (unpaired) electrons. The van der Waals surface area contributed by atoms with E-state index in [9.17, 15) is 9.59 Å². The molecule has 4 heteroatoms. The third kappa shape index (κ3) is 5.45. The SMILES string of the molecule is N#CC=CC=Cc1ccccc1.O=C1C=CC(=O)N1c1ccccc1. The zero-order valence-electron chi connectivity index (χ0n) is 13.4. The maximum Gasteiger partial charge on any atom is 0.258 e. The number of hydrogen-bond donors (Lipinski definition) is 0. The van der Waals surface area contributed by atoms with Crippen molar-refractivity contribution in [2.24, 2.45) is 0 Å². The summed E-state index contributed by atoms with van der Waals surface area (Å²) in [5, 5.41) is 8.19. The second kappa shape index (κ2) is 9.43. The van der Waals surface area contributed by atoms with E-state index in [0.717, 1.165) is 10.5 Å². The van der Waals surface area contributed by atoms with Gasteiger partial charge in [0.05, 0.1) is 11.8 Å². The Balaban J connectivity index is 0.000000181. The first kappa shape index (κ1) is 17.6. The van der Waals surface area contributed by atoms with E-state index in [0.29, 0.717) is 5.69 Å². The molecule has 0 fully saturated rings. The summed E-state index contributed by atoms with van der Waals surface area (Å²) >= 11 is 0. The van der Waals surface area contributed by atoms with Gasteiger partial charge in [-0.1, -0.05) is 66.8 Å². The number of nitriles is 1. The molecular formula is C21H16N2O2. The second-order valence-electron chi connectivity index (χ2n) is 4.94. The maximum absolute atomic E-state index is 11.2. The molecule has 0 unspecified atom stereocenters. The first-order valence-corrected chi connectivity index (χ1v) is 7.61. The fourth-order valence-corrected chi connectivity index (χ4v) is 2.06. The Morgan fingerprint density at radius 3 is 1.92 bits per heavy atom. The summed E-state index contributed by atoms with van der Waals surface area (Å²) in [4.78, 5) is 23.5. The van der Waals surface area contributed by atoms with Crippen molar-refractivity contribution >= 4 is 23.6 Å². The van der Waals surface area contributed by atoms with E-state index in [1.54, 1.807) is 30.3 Å². The molecule has 0 saturated heterocycles. The molecule has 1 aliphatic rings. The summed E-state index contributed by atoms with van der Waals surface area (Å²) in [5.41, 5.74) is 1.75. The molecule has 0 aliphatic carbocycles. The number of nitrogens with zero attached hydrogens (tertiary/aromatic N) is 2. The van der Waals surface area contributed by atoms with Crippen molar-refractivity contribution < 1.29 is 9.59 Å². The highest BCUT2D eigenvalue weighted by Crippen LogP contribution is 2.17. The highest BCUT2D eigenvalue weighted by atomic mass is 16.2. The average molecular weight is 328 g/mol. The molecule has 2 aromatic rings. The molecule has 2 amide bonds. The van der Waals surface area contributed by atoms with E-state index in [-0.39, 0.29) is 11.8 Å². The smallest absolute Gasteiger partial charge is 0.258 e. The van der Waals surface area contributed by atoms with E-state index in [1.807, 2.05) is 54.6 Å². The number of amides is 2. The molecule has 1 heterocycles. The van der Waals surface area contributed by atoms with Crippen molar-refractivity contribution in [3.8, 4) is 6.07 Å². The molecule has 1 aliphatic heterocycles. The molecule has 0 spiro atoms. The third-order valence-electron chi connectivity index (χ3n) is 3.19. The number of para-hydroxylation sites is 1. The Labute approximate surface area is 146 Å². The largest absolute Gasteiger partial charge is 0.269 e. The number of anilines is 1. The van der Waals surface area contributed by atoms with Gasteiger partial charge in [-0.15, -0.1) is 0 Å². The van der Waals surface area contributed by atoms with Gasteiger partial charge in [-0.25, -0.2) is 4.90 Å². The van der Waals surface area contributed by atoms with Crippen LogP contribution in [0, 0.1) is 11.3 Å². The highest BCUT2D eigenvalue weighted by molar-refractivity contribution is 6.28. The zero-order valence-corrected chi connectivity index (χ0v) is 13.4. The molecule has 0 bridgehead atoms. The van der Waals surface area contributed by atoms with Crippen LogP contribution in [0.4, 0.5) is 5.69 Å². The van der Waals surface area contributed by atoms with Crippen molar-refractivity contribution in [1.82, 2.24) is 0 Å². The first-order valence-electron chi connectivity index (χ1n) is 7.61. The van der Waals surface area contributed by atoms with E-state index in [4.69, 9.17) is 5.26 Å². The molecule has 122 valence electrons. The summed E-state index contributed by atoms with van der Waals surface area (Å²) in [7, 11) is 0. The lowest BCUT2D eigenvalue weighted by Gasteiger charge is -2.12. The van der Waals surface area contributed by atoms with Crippen molar-refractivity contribution in [3.05, 3.63) is 96.6 Å². The molecule has 4 nitrogen and oxygen atoms in total. The number of carbonyl (C=O) groups is 2. The molecular weight excluding hydrogens is 312 g/mol. The van der Waals surface area contributed by atoms with Crippen LogP contribution in [0.5, 0.6) is 0 Å². The fraction of sp³-hybridized carbons (Fsp3) is 0. The summed E-state index contributed by atoms with van der Waals surface area (Å²) < 4.78 is 0. The molecule has 3 rings (SSSR count). The molecule has 0 saturated carbocycles. The lowest BCUT2D eigenvalue weighted by atomic mass is 10.2. The van der Waals surface area contributed by atoms with Crippen LogP contribution in [0.25, 0.3) is 6.08 Å². The normalized spacial score (nSPS) is 13.2. The molecule has 2 aromatic carbocycles. The number of benzene rings is 2. The Kier molecular flexibility index (Phi) is 6.66. The van der Waals surface area contributed by atoms with Crippen molar-refractivity contribution in [2.45, 2.75) is 0 Å². The van der Waals surface area contributed by atoms with E-state index >= 15 is 0 Å². The van der Waals surface area contributed by atoms with E-state index in [1.165, 1.54) is 18.2 Å². The van der Waals surface area contributed by atoms with Crippen LogP contribution in [-0.2, 0) is 9.59 Å². The van der Waals surface area contributed by atoms with Gasteiger partial charge in [-0.2, -0.15) is 5.26 Å². The van der Waals surface area contributed by atoms with Gasteiger partial charge in [-0.05, 0) is 17.7 Å². The minimum atomic E-state index is -0.281. The van der Waals surface area contributed by atoms with Crippen LogP contribution in [-0.4, -0.2) is 11.8 Å². The molecule has 0 aromatic heterocycles. The molecule has 0 N–H and O–H groups in total. The van der Waals surface area contributed by atoms with E-state index in [2.05, 4.69) is 0 Å². The van der Waals surface area contributed by atoms with Gasteiger partial charge in [-0.3, -0.25) is 9.59 Å². The van der Waals surface area contributed by atoms with Gasteiger partial charge in [0, 0.05) is 18.2 Å². The first-order chi connectivity index (χ1) is 12.2. The quantitative estimate of drug-likeness (QED) is 0.488. The number of rotatable bonds is 3. The van der Waals surface area contributed by atoms with Crippen LogP contribution in [0.2, 0.25) is 0 Å². The minimum Gasteiger partial charge on any atom is -0.269 e. The van der Waals surface area contributed by atoms with Gasteiger partial charge in [0.15, 0.2) is 0 Å². The Hall–Kier alpha value is -3.71. The Morgan fingerprint density at radius 2 is 1.36 bits per heavy atom. The molecule has 25 heavy (non-hydrogen) atoms. The Morgan fingerprint density at radius 1 is 0.800 bits per heavy atom. The fourth-order valence-electron chi connectivity index (χ4n) is 2.06.